The number of hydrogen-bond donors (Lipinski definition) is 0. The molecule has 4 aromatic rings. The molecule has 0 atom stereocenters. The van der Waals surface area contributed by atoms with Gasteiger partial charge >= 0.3 is 0 Å². The van der Waals surface area contributed by atoms with Gasteiger partial charge in [0.25, 0.3) is 0 Å². The minimum atomic E-state index is 0.666. The summed E-state index contributed by atoms with van der Waals surface area (Å²) in [5.41, 5.74) is 9.24. The lowest BCUT2D eigenvalue weighted by Crippen LogP contribution is -2.00. The van der Waals surface area contributed by atoms with E-state index in [-0.39, 0.29) is 0 Å². The second kappa shape index (κ2) is 8.38. The van der Waals surface area contributed by atoms with Crippen molar-refractivity contribution in [3.8, 4) is 39.1 Å². The van der Waals surface area contributed by atoms with Gasteiger partial charge in [0.15, 0.2) is 6.29 Å². The third kappa shape index (κ3) is 3.42. The third-order valence-corrected chi connectivity index (χ3v) is 5.69. The summed E-state index contributed by atoms with van der Waals surface area (Å²) >= 11 is 0. The van der Waals surface area contributed by atoms with Gasteiger partial charge in [-0.25, -0.2) is 0 Å². The fourth-order valence-corrected chi connectivity index (χ4v) is 4.19. The molecule has 0 aliphatic rings. The summed E-state index contributed by atoms with van der Waals surface area (Å²) in [5.74, 6) is 0.767. The average Bonchev–Trinajstić information content (AvgIpc) is 2.80. The van der Waals surface area contributed by atoms with Crippen LogP contribution in [0.15, 0.2) is 84.9 Å². The van der Waals surface area contributed by atoms with Crippen LogP contribution in [0.25, 0.3) is 33.4 Å². The van der Waals surface area contributed by atoms with Crippen LogP contribution >= 0.6 is 0 Å². The molecule has 4 aromatic carbocycles. The monoisotopic (exact) mass is 392 g/mol. The van der Waals surface area contributed by atoms with Crippen molar-refractivity contribution in [2.24, 2.45) is 0 Å². The largest absolute Gasteiger partial charge is 0.496 e. The Morgan fingerprint density at radius 3 is 1.63 bits per heavy atom. The summed E-state index contributed by atoms with van der Waals surface area (Å²) in [6, 6.07) is 28.6. The van der Waals surface area contributed by atoms with E-state index in [1.165, 1.54) is 0 Å². The highest BCUT2D eigenvalue weighted by Crippen LogP contribution is 2.43. The molecular weight excluding hydrogens is 368 g/mol. The van der Waals surface area contributed by atoms with Crippen LogP contribution in [0.1, 0.15) is 21.5 Å². The highest BCUT2D eigenvalue weighted by Gasteiger charge is 2.20. The molecule has 0 saturated heterocycles. The number of benzene rings is 4. The van der Waals surface area contributed by atoms with E-state index < -0.39 is 0 Å². The van der Waals surface area contributed by atoms with Crippen molar-refractivity contribution in [3.63, 3.8) is 0 Å². The maximum absolute atomic E-state index is 12.0. The SMILES string of the molecule is COc1ccc(-c2ccccc2)c(C)c1-c1c(C=O)ccc(-c2ccccc2)c1C. The molecule has 0 aromatic heterocycles. The summed E-state index contributed by atoms with van der Waals surface area (Å²) in [5, 5.41) is 0. The van der Waals surface area contributed by atoms with Crippen LogP contribution in [0.4, 0.5) is 0 Å². The number of methoxy groups -OCH3 is 1. The Kier molecular flexibility index (Phi) is 5.49. The van der Waals surface area contributed by atoms with Gasteiger partial charge in [0.05, 0.1) is 7.11 Å². The van der Waals surface area contributed by atoms with Crippen LogP contribution in [0.2, 0.25) is 0 Å². The highest BCUT2D eigenvalue weighted by molar-refractivity contribution is 5.96. The summed E-state index contributed by atoms with van der Waals surface area (Å²) < 4.78 is 5.76. The van der Waals surface area contributed by atoms with Crippen LogP contribution < -0.4 is 4.74 Å². The Labute approximate surface area is 177 Å². The lowest BCUT2D eigenvalue weighted by molar-refractivity contribution is 0.112. The molecule has 4 rings (SSSR count). The molecule has 0 unspecified atom stereocenters. The van der Waals surface area contributed by atoms with Crippen molar-refractivity contribution in [2.45, 2.75) is 13.8 Å². The molecular formula is C28H24O2. The summed E-state index contributed by atoms with van der Waals surface area (Å²) in [6.07, 6.45) is 0.936. The van der Waals surface area contributed by atoms with Crippen LogP contribution in [0.3, 0.4) is 0 Å². The van der Waals surface area contributed by atoms with Gasteiger partial charge in [-0.3, -0.25) is 4.79 Å². The average molecular weight is 392 g/mol. The third-order valence-electron chi connectivity index (χ3n) is 5.69. The Bertz CT molecular complexity index is 1190. The Balaban J connectivity index is 2.03. The van der Waals surface area contributed by atoms with Gasteiger partial charge in [0.2, 0.25) is 0 Å². The molecule has 148 valence electrons. The molecule has 0 fully saturated rings. The smallest absolute Gasteiger partial charge is 0.150 e. The molecule has 2 nitrogen and oxygen atoms in total. The van der Waals surface area contributed by atoms with E-state index >= 15 is 0 Å². The standard InChI is InChI=1S/C28H24O2/c1-19-24(21-10-6-4-7-11-21)15-14-23(18-29)27(19)28-20(2)25(16-17-26(28)30-3)22-12-8-5-9-13-22/h4-18H,1-3H3. The zero-order chi connectivity index (χ0) is 21.1. The predicted octanol–water partition coefficient (Wildman–Crippen LogP) is 7.13. The van der Waals surface area contributed by atoms with E-state index in [1.54, 1.807) is 7.11 Å². The molecule has 30 heavy (non-hydrogen) atoms. The highest BCUT2D eigenvalue weighted by atomic mass is 16.5. The zero-order valence-corrected chi connectivity index (χ0v) is 17.5. The van der Waals surface area contributed by atoms with E-state index in [2.05, 4.69) is 44.2 Å². The number of carbonyl (C=O) groups excluding carboxylic acids is 1. The van der Waals surface area contributed by atoms with Crippen LogP contribution in [0.5, 0.6) is 5.75 Å². The van der Waals surface area contributed by atoms with Gasteiger partial charge in [-0.2, -0.15) is 0 Å². The van der Waals surface area contributed by atoms with Crippen molar-refractivity contribution >= 4 is 6.29 Å². The molecule has 0 saturated carbocycles. The minimum Gasteiger partial charge on any atom is -0.496 e. The topological polar surface area (TPSA) is 26.3 Å². The molecule has 2 heteroatoms. The maximum Gasteiger partial charge on any atom is 0.150 e. The van der Waals surface area contributed by atoms with E-state index in [0.29, 0.717) is 5.56 Å². The van der Waals surface area contributed by atoms with Crippen molar-refractivity contribution in [2.75, 3.05) is 7.11 Å². The van der Waals surface area contributed by atoms with Crippen LogP contribution in [-0.2, 0) is 0 Å². The summed E-state index contributed by atoms with van der Waals surface area (Å²) in [6.45, 7) is 4.18. The second-order valence-electron chi connectivity index (χ2n) is 7.37. The molecule has 0 aliphatic heterocycles. The van der Waals surface area contributed by atoms with E-state index in [4.69, 9.17) is 4.74 Å². The van der Waals surface area contributed by atoms with E-state index in [0.717, 1.165) is 56.5 Å². The minimum absolute atomic E-state index is 0.666. The number of ether oxygens (including phenoxy) is 1. The Morgan fingerprint density at radius 1 is 0.633 bits per heavy atom. The number of hydrogen-bond acceptors (Lipinski definition) is 2. The number of rotatable bonds is 5. The van der Waals surface area contributed by atoms with Crippen LogP contribution in [0, 0.1) is 13.8 Å². The molecule has 0 aliphatic carbocycles. The van der Waals surface area contributed by atoms with Crippen LogP contribution in [-0.4, -0.2) is 13.4 Å². The van der Waals surface area contributed by atoms with Crippen molar-refractivity contribution in [1.29, 1.82) is 0 Å². The first-order valence-corrected chi connectivity index (χ1v) is 10.0. The maximum atomic E-state index is 12.0. The van der Waals surface area contributed by atoms with Gasteiger partial charge in [0, 0.05) is 11.1 Å². The van der Waals surface area contributed by atoms with Gasteiger partial charge in [-0.05, 0) is 58.9 Å². The molecule has 0 bridgehead atoms. The quantitative estimate of drug-likeness (QED) is 0.338. The van der Waals surface area contributed by atoms with Gasteiger partial charge in [-0.15, -0.1) is 0 Å². The Morgan fingerprint density at radius 2 is 1.13 bits per heavy atom. The van der Waals surface area contributed by atoms with Gasteiger partial charge < -0.3 is 4.74 Å². The fourth-order valence-electron chi connectivity index (χ4n) is 4.19. The van der Waals surface area contributed by atoms with E-state index in [9.17, 15) is 4.79 Å². The first-order chi connectivity index (χ1) is 14.7. The van der Waals surface area contributed by atoms with Crippen molar-refractivity contribution < 1.29 is 9.53 Å². The van der Waals surface area contributed by atoms with Crippen molar-refractivity contribution in [3.05, 3.63) is 102 Å². The van der Waals surface area contributed by atoms with Gasteiger partial charge in [-0.1, -0.05) is 78.9 Å². The second-order valence-corrected chi connectivity index (χ2v) is 7.37. The molecule has 0 spiro atoms. The predicted molar refractivity (Wildman–Crippen MR) is 124 cm³/mol. The molecule has 0 heterocycles. The first kappa shape index (κ1) is 19.7. The number of carbonyl (C=O) groups is 1. The number of aldehydes is 1. The molecule has 0 N–H and O–H groups in total. The molecule has 0 amide bonds. The van der Waals surface area contributed by atoms with Gasteiger partial charge in [0.1, 0.15) is 5.75 Å². The zero-order valence-electron chi connectivity index (χ0n) is 17.5. The lowest BCUT2D eigenvalue weighted by atomic mass is 9.85. The molecule has 0 radical (unpaired) electrons. The normalized spacial score (nSPS) is 10.6. The summed E-state index contributed by atoms with van der Waals surface area (Å²) in [4.78, 5) is 12.0. The summed E-state index contributed by atoms with van der Waals surface area (Å²) in [7, 11) is 1.68. The fraction of sp³-hybridized carbons (Fsp3) is 0.107. The van der Waals surface area contributed by atoms with E-state index in [1.807, 2.05) is 54.6 Å². The van der Waals surface area contributed by atoms with Crippen molar-refractivity contribution in [1.82, 2.24) is 0 Å². The Hall–Kier alpha value is -3.65. The lowest BCUT2D eigenvalue weighted by Gasteiger charge is -2.21. The first-order valence-electron chi connectivity index (χ1n) is 10.0.